The van der Waals surface area contributed by atoms with Gasteiger partial charge in [0.1, 0.15) is 0 Å². The van der Waals surface area contributed by atoms with Crippen LogP contribution in [0.4, 0.5) is 5.69 Å². The average Bonchev–Trinajstić information content (AvgIpc) is 2.70. The lowest BCUT2D eigenvalue weighted by molar-refractivity contribution is 0.102. The van der Waals surface area contributed by atoms with E-state index in [9.17, 15) is 13.2 Å². The number of para-hydroxylation sites is 1. The maximum atomic E-state index is 12.8. The highest BCUT2D eigenvalue weighted by Crippen LogP contribution is 2.22. The number of anilines is 1. The molecule has 3 aromatic rings. The summed E-state index contributed by atoms with van der Waals surface area (Å²) in [6.07, 6.45) is 2.08. The number of hydrogen-bond acceptors (Lipinski definition) is 4. The van der Waals surface area contributed by atoms with Crippen LogP contribution in [0, 0.1) is 13.8 Å². The number of nitrogens with zero attached hydrogens (tertiary/aromatic N) is 1. The number of aromatic nitrogens is 1. The van der Waals surface area contributed by atoms with E-state index in [1.54, 1.807) is 18.2 Å². The van der Waals surface area contributed by atoms with Crippen LogP contribution in [0.25, 0.3) is 0 Å². The molecule has 1 N–H and O–H groups in total. The Morgan fingerprint density at radius 3 is 2.39 bits per heavy atom. The number of amides is 1. The van der Waals surface area contributed by atoms with Crippen LogP contribution in [0.5, 0.6) is 0 Å². The molecule has 1 aromatic heterocycles. The van der Waals surface area contributed by atoms with Crippen LogP contribution in [-0.2, 0) is 16.3 Å². The molecule has 0 aliphatic carbocycles. The Balaban J connectivity index is 1.84. The topological polar surface area (TPSA) is 76.1 Å². The van der Waals surface area contributed by atoms with Crippen LogP contribution in [0.1, 0.15) is 34.0 Å². The van der Waals surface area contributed by atoms with E-state index in [0.717, 1.165) is 28.8 Å². The molecule has 3 rings (SSSR count). The van der Waals surface area contributed by atoms with Gasteiger partial charge in [0.25, 0.3) is 5.91 Å². The molecule has 0 bridgehead atoms. The average molecular weight is 394 g/mol. The second kappa shape index (κ2) is 7.94. The van der Waals surface area contributed by atoms with Gasteiger partial charge in [0.2, 0.25) is 9.84 Å². The van der Waals surface area contributed by atoms with E-state index in [1.165, 1.54) is 18.3 Å². The lowest BCUT2D eigenvalue weighted by Crippen LogP contribution is -2.14. The van der Waals surface area contributed by atoms with Crippen LogP contribution < -0.4 is 5.32 Å². The molecule has 0 unspecified atom stereocenters. The number of aryl methyl sites for hydroxylation is 3. The van der Waals surface area contributed by atoms with Gasteiger partial charge in [-0.25, -0.2) is 13.4 Å². The number of hydrogen-bond donors (Lipinski definition) is 1. The van der Waals surface area contributed by atoms with Gasteiger partial charge in [-0.1, -0.05) is 31.2 Å². The van der Waals surface area contributed by atoms with Gasteiger partial charge in [-0.05, 0) is 67.3 Å². The minimum atomic E-state index is -3.73. The van der Waals surface area contributed by atoms with E-state index < -0.39 is 9.84 Å². The normalized spacial score (nSPS) is 11.2. The predicted molar refractivity (Wildman–Crippen MR) is 109 cm³/mol. The minimum absolute atomic E-state index is 0.0822. The number of nitrogens with one attached hydrogen (secondary N) is 1. The molecule has 144 valence electrons. The van der Waals surface area contributed by atoms with Crippen LogP contribution in [0.2, 0.25) is 0 Å². The highest BCUT2D eigenvalue weighted by Gasteiger charge is 2.20. The molecule has 28 heavy (non-hydrogen) atoms. The van der Waals surface area contributed by atoms with E-state index in [4.69, 9.17) is 0 Å². The number of sulfone groups is 1. The van der Waals surface area contributed by atoms with Crippen molar-refractivity contribution in [2.75, 3.05) is 5.32 Å². The lowest BCUT2D eigenvalue weighted by Gasteiger charge is -2.10. The van der Waals surface area contributed by atoms with Crippen LogP contribution in [0.15, 0.2) is 70.7 Å². The summed E-state index contributed by atoms with van der Waals surface area (Å²) in [7, 11) is -3.73. The molecule has 0 saturated carbocycles. The molecule has 1 amide bonds. The van der Waals surface area contributed by atoms with E-state index in [1.807, 2.05) is 45.0 Å². The van der Waals surface area contributed by atoms with Gasteiger partial charge in [0, 0.05) is 11.9 Å². The highest BCUT2D eigenvalue weighted by atomic mass is 32.2. The summed E-state index contributed by atoms with van der Waals surface area (Å²) < 4.78 is 25.6. The van der Waals surface area contributed by atoms with Crippen LogP contribution in [-0.4, -0.2) is 19.3 Å². The molecule has 2 aromatic carbocycles. The zero-order valence-corrected chi connectivity index (χ0v) is 16.9. The Hall–Kier alpha value is -2.99. The van der Waals surface area contributed by atoms with Crippen LogP contribution >= 0.6 is 0 Å². The van der Waals surface area contributed by atoms with Crippen molar-refractivity contribution in [3.8, 4) is 0 Å². The summed E-state index contributed by atoms with van der Waals surface area (Å²) in [5.41, 5.74) is 3.97. The standard InChI is InChI=1S/C22H22N2O3S/c1-4-17-7-5-6-8-20(17)24-22(25)18-10-12-21(23-14-18)28(26,27)19-11-9-15(2)16(3)13-19/h5-14H,4H2,1-3H3,(H,24,25). The smallest absolute Gasteiger partial charge is 0.257 e. The van der Waals surface area contributed by atoms with Crippen molar-refractivity contribution in [1.82, 2.24) is 4.98 Å². The van der Waals surface area contributed by atoms with E-state index in [0.29, 0.717) is 5.56 Å². The van der Waals surface area contributed by atoms with Crippen molar-refractivity contribution >= 4 is 21.4 Å². The monoisotopic (exact) mass is 394 g/mol. The lowest BCUT2D eigenvalue weighted by atomic mass is 10.1. The largest absolute Gasteiger partial charge is 0.322 e. The van der Waals surface area contributed by atoms with Crippen LogP contribution in [0.3, 0.4) is 0 Å². The third kappa shape index (κ3) is 3.97. The SMILES string of the molecule is CCc1ccccc1NC(=O)c1ccc(S(=O)(=O)c2ccc(C)c(C)c2)nc1. The predicted octanol–water partition coefficient (Wildman–Crippen LogP) is 4.35. The highest BCUT2D eigenvalue weighted by molar-refractivity contribution is 7.91. The maximum absolute atomic E-state index is 12.8. The Bertz CT molecular complexity index is 1120. The second-order valence-electron chi connectivity index (χ2n) is 6.60. The van der Waals surface area contributed by atoms with Crippen molar-refractivity contribution in [3.63, 3.8) is 0 Å². The Kier molecular flexibility index (Phi) is 5.61. The first-order valence-corrected chi connectivity index (χ1v) is 10.5. The van der Waals surface area contributed by atoms with Gasteiger partial charge in [0.05, 0.1) is 10.5 Å². The van der Waals surface area contributed by atoms with Crippen molar-refractivity contribution in [2.45, 2.75) is 37.1 Å². The second-order valence-corrected chi connectivity index (χ2v) is 8.50. The fraction of sp³-hybridized carbons (Fsp3) is 0.182. The van der Waals surface area contributed by atoms with Gasteiger partial charge in [0.15, 0.2) is 5.03 Å². The molecule has 6 heteroatoms. The third-order valence-corrected chi connectivity index (χ3v) is 6.38. The van der Waals surface area contributed by atoms with Gasteiger partial charge in [-0.2, -0.15) is 0 Å². The fourth-order valence-corrected chi connectivity index (χ4v) is 4.08. The summed E-state index contributed by atoms with van der Waals surface area (Å²) >= 11 is 0. The van der Waals surface area contributed by atoms with E-state index in [-0.39, 0.29) is 15.8 Å². The summed E-state index contributed by atoms with van der Waals surface area (Å²) in [6, 6.07) is 15.4. The minimum Gasteiger partial charge on any atom is -0.322 e. The van der Waals surface area contributed by atoms with Crippen molar-refractivity contribution < 1.29 is 13.2 Å². The quantitative estimate of drug-likeness (QED) is 0.698. The molecule has 5 nitrogen and oxygen atoms in total. The van der Waals surface area contributed by atoms with Gasteiger partial charge in [-0.15, -0.1) is 0 Å². The third-order valence-electron chi connectivity index (χ3n) is 4.71. The van der Waals surface area contributed by atoms with Gasteiger partial charge < -0.3 is 5.32 Å². The molecule has 0 radical (unpaired) electrons. The van der Waals surface area contributed by atoms with Crippen molar-refractivity contribution in [1.29, 1.82) is 0 Å². The number of pyridine rings is 1. The molecule has 0 spiro atoms. The molecule has 0 saturated heterocycles. The van der Waals surface area contributed by atoms with Crippen molar-refractivity contribution in [3.05, 3.63) is 83.0 Å². The van der Waals surface area contributed by atoms with Crippen molar-refractivity contribution in [2.24, 2.45) is 0 Å². The number of benzene rings is 2. The Morgan fingerprint density at radius 2 is 1.75 bits per heavy atom. The molecular formula is C22H22N2O3S. The number of rotatable bonds is 5. The first kappa shape index (κ1) is 19.8. The molecule has 0 aliphatic rings. The van der Waals surface area contributed by atoms with E-state index >= 15 is 0 Å². The molecule has 1 heterocycles. The first-order valence-electron chi connectivity index (χ1n) is 9.00. The van der Waals surface area contributed by atoms with Gasteiger partial charge in [-0.3, -0.25) is 4.79 Å². The summed E-state index contributed by atoms with van der Waals surface area (Å²) in [6.45, 7) is 5.80. The fourth-order valence-electron chi connectivity index (χ4n) is 2.82. The molecule has 0 aliphatic heterocycles. The molecule has 0 atom stereocenters. The Morgan fingerprint density at radius 1 is 1.00 bits per heavy atom. The zero-order valence-electron chi connectivity index (χ0n) is 16.1. The summed E-state index contributed by atoms with van der Waals surface area (Å²) in [5.74, 6) is -0.330. The molecular weight excluding hydrogens is 372 g/mol. The number of carbonyl (C=O) groups excluding carboxylic acids is 1. The van der Waals surface area contributed by atoms with Gasteiger partial charge >= 0.3 is 0 Å². The first-order chi connectivity index (χ1) is 13.3. The summed E-state index contributed by atoms with van der Waals surface area (Å²) in [4.78, 5) is 16.7. The molecule has 0 fully saturated rings. The Labute approximate surface area is 165 Å². The maximum Gasteiger partial charge on any atom is 0.257 e. The summed E-state index contributed by atoms with van der Waals surface area (Å²) in [5, 5.41) is 2.77. The zero-order chi connectivity index (χ0) is 20.3. The number of carbonyl (C=O) groups is 1. The van der Waals surface area contributed by atoms with E-state index in [2.05, 4.69) is 10.3 Å².